The highest BCUT2D eigenvalue weighted by molar-refractivity contribution is 5.80. The van der Waals surface area contributed by atoms with Gasteiger partial charge in [0.15, 0.2) is 6.10 Å². The topological polar surface area (TPSA) is 82.5 Å². The molecular formula is C25H29N3O4. The summed E-state index contributed by atoms with van der Waals surface area (Å²) in [4.78, 5) is 29.2. The monoisotopic (exact) mass is 435 g/mol. The average Bonchev–Trinajstić information content (AvgIpc) is 2.78. The fraction of sp³-hybridized carbons (Fsp3) is 0.320. The van der Waals surface area contributed by atoms with Gasteiger partial charge in [0.1, 0.15) is 11.5 Å². The van der Waals surface area contributed by atoms with Crippen molar-refractivity contribution in [1.29, 1.82) is 0 Å². The molecule has 1 amide bonds. The van der Waals surface area contributed by atoms with E-state index >= 15 is 0 Å². The van der Waals surface area contributed by atoms with Crippen molar-refractivity contribution in [1.82, 2.24) is 14.9 Å². The largest absolute Gasteiger partial charge is 0.494 e. The third-order valence-electron chi connectivity index (χ3n) is 5.22. The second-order valence-electron chi connectivity index (χ2n) is 7.51. The molecule has 168 valence electrons. The molecule has 3 rings (SSSR count). The van der Waals surface area contributed by atoms with Gasteiger partial charge < -0.3 is 14.8 Å². The molecule has 0 aliphatic carbocycles. The first-order chi connectivity index (χ1) is 15.4. The number of nitrogens with zero attached hydrogens (tertiary/aromatic N) is 2. The minimum absolute atomic E-state index is 0.183. The maximum atomic E-state index is 12.5. The van der Waals surface area contributed by atoms with Gasteiger partial charge >= 0.3 is 0 Å². The van der Waals surface area contributed by atoms with Crippen molar-refractivity contribution < 1.29 is 14.3 Å². The van der Waals surface area contributed by atoms with Crippen LogP contribution < -0.4 is 20.3 Å². The van der Waals surface area contributed by atoms with Gasteiger partial charge in [0.2, 0.25) is 0 Å². The number of benzene rings is 2. The second-order valence-corrected chi connectivity index (χ2v) is 7.51. The maximum absolute atomic E-state index is 12.5. The van der Waals surface area contributed by atoms with Crippen molar-refractivity contribution in [2.45, 2.75) is 40.3 Å². The van der Waals surface area contributed by atoms with E-state index in [1.165, 1.54) is 17.0 Å². The Morgan fingerprint density at radius 1 is 1.16 bits per heavy atom. The van der Waals surface area contributed by atoms with Crippen molar-refractivity contribution in [3.63, 3.8) is 0 Å². The fourth-order valence-corrected chi connectivity index (χ4v) is 3.18. The Morgan fingerprint density at radius 3 is 2.59 bits per heavy atom. The average molecular weight is 436 g/mol. The predicted molar refractivity (Wildman–Crippen MR) is 124 cm³/mol. The Balaban J connectivity index is 1.54. The lowest BCUT2D eigenvalue weighted by Crippen LogP contribution is -2.39. The molecule has 1 aromatic heterocycles. The number of nitrogens with one attached hydrogen (secondary N) is 1. The zero-order valence-electron chi connectivity index (χ0n) is 18.9. The number of rotatable bonds is 9. The molecule has 1 N–H and O–H groups in total. The van der Waals surface area contributed by atoms with E-state index in [1.54, 1.807) is 6.92 Å². The highest BCUT2D eigenvalue weighted by atomic mass is 16.5. The number of carbonyl (C=O) groups is 1. The van der Waals surface area contributed by atoms with E-state index in [-0.39, 0.29) is 11.5 Å². The molecule has 0 fully saturated rings. The van der Waals surface area contributed by atoms with Crippen molar-refractivity contribution in [3.8, 4) is 22.8 Å². The number of aromatic nitrogens is 2. The fourth-order valence-electron chi connectivity index (χ4n) is 3.18. The first-order valence-electron chi connectivity index (χ1n) is 10.7. The first-order valence-corrected chi connectivity index (χ1v) is 10.7. The summed E-state index contributed by atoms with van der Waals surface area (Å²) < 4.78 is 12.7. The summed E-state index contributed by atoms with van der Waals surface area (Å²) in [5.41, 5.74) is 3.36. The number of aryl methyl sites for hydroxylation is 1. The molecule has 1 heterocycles. The van der Waals surface area contributed by atoms with E-state index in [9.17, 15) is 9.59 Å². The first kappa shape index (κ1) is 23.1. The normalized spacial score (nSPS) is 11.6. The highest BCUT2D eigenvalue weighted by Crippen LogP contribution is 2.22. The molecule has 0 radical (unpaired) electrons. The molecule has 3 aromatic rings. The number of ether oxygens (including phenoxy) is 2. The quantitative estimate of drug-likeness (QED) is 0.556. The number of carbonyl (C=O) groups excluding carboxylic acids is 1. The van der Waals surface area contributed by atoms with Gasteiger partial charge in [0.25, 0.3) is 11.5 Å². The Labute approximate surface area is 188 Å². The molecule has 0 spiro atoms. The van der Waals surface area contributed by atoms with Gasteiger partial charge in [-0.05, 0) is 69.2 Å². The molecule has 7 nitrogen and oxygen atoms in total. The van der Waals surface area contributed by atoms with Crippen molar-refractivity contribution >= 4 is 5.91 Å². The number of hydrogen-bond donors (Lipinski definition) is 1. The molecule has 1 atom stereocenters. The van der Waals surface area contributed by atoms with E-state index < -0.39 is 6.10 Å². The summed E-state index contributed by atoms with van der Waals surface area (Å²) in [6.07, 6.45) is 0.850. The Hall–Kier alpha value is -3.61. The van der Waals surface area contributed by atoms with Crippen molar-refractivity contribution in [2.75, 3.05) is 13.2 Å². The lowest BCUT2D eigenvalue weighted by molar-refractivity contribution is -0.127. The van der Waals surface area contributed by atoms with Gasteiger partial charge in [0, 0.05) is 24.7 Å². The summed E-state index contributed by atoms with van der Waals surface area (Å²) in [7, 11) is 0. The molecule has 0 saturated carbocycles. The van der Waals surface area contributed by atoms with Crippen LogP contribution in [0, 0.1) is 13.8 Å². The Morgan fingerprint density at radius 2 is 1.91 bits per heavy atom. The molecule has 32 heavy (non-hydrogen) atoms. The summed E-state index contributed by atoms with van der Waals surface area (Å²) in [6, 6.07) is 14.7. The van der Waals surface area contributed by atoms with E-state index in [0.717, 1.165) is 22.4 Å². The number of hydrogen-bond acceptors (Lipinski definition) is 5. The molecule has 0 saturated heterocycles. The van der Waals surface area contributed by atoms with Crippen LogP contribution in [-0.2, 0) is 11.3 Å². The van der Waals surface area contributed by atoms with Crippen LogP contribution >= 0.6 is 0 Å². The van der Waals surface area contributed by atoms with E-state index in [2.05, 4.69) is 10.3 Å². The molecular weight excluding hydrogens is 406 g/mol. The second kappa shape index (κ2) is 10.6. The maximum Gasteiger partial charge on any atom is 0.260 e. The summed E-state index contributed by atoms with van der Waals surface area (Å²) in [5.74, 6) is 1.23. The Kier molecular flexibility index (Phi) is 7.65. The zero-order valence-corrected chi connectivity index (χ0v) is 18.9. The smallest absolute Gasteiger partial charge is 0.260 e. The molecule has 0 aliphatic rings. The van der Waals surface area contributed by atoms with Crippen molar-refractivity contribution in [2.24, 2.45) is 0 Å². The minimum atomic E-state index is -0.646. The summed E-state index contributed by atoms with van der Waals surface area (Å²) in [5, 5.41) is 2.81. The third kappa shape index (κ3) is 5.75. The predicted octanol–water partition coefficient (Wildman–Crippen LogP) is 3.51. The van der Waals surface area contributed by atoms with Crippen LogP contribution in [0.15, 0.2) is 59.7 Å². The summed E-state index contributed by atoms with van der Waals surface area (Å²) in [6.45, 7) is 8.81. The summed E-state index contributed by atoms with van der Waals surface area (Å²) >= 11 is 0. The van der Waals surface area contributed by atoms with Crippen LogP contribution in [-0.4, -0.2) is 34.7 Å². The number of amides is 1. The van der Waals surface area contributed by atoms with Gasteiger partial charge in [0.05, 0.1) is 18.6 Å². The van der Waals surface area contributed by atoms with E-state index in [4.69, 9.17) is 9.47 Å². The van der Waals surface area contributed by atoms with Gasteiger partial charge in [-0.25, -0.2) is 4.98 Å². The van der Waals surface area contributed by atoms with Crippen LogP contribution in [0.5, 0.6) is 11.5 Å². The van der Waals surface area contributed by atoms with Crippen LogP contribution in [0.3, 0.4) is 0 Å². The van der Waals surface area contributed by atoms with Gasteiger partial charge in [-0.1, -0.05) is 12.1 Å². The van der Waals surface area contributed by atoms with Gasteiger partial charge in [-0.15, -0.1) is 0 Å². The molecule has 7 heteroatoms. The van der Waals surface area contributed by atoms with E-state index in [1.807, 2.05) is 63.2 Å². The molecule has 0 aliphatic heterocycles. The SMILES string of the molecule is CCOc1ccc(-c2cc(=O)n(CCNC(=O)C(C)Oc3cccc(C)c3C)cn2)cc1. The lowest BCUT2D eigenvalue weighted by atomic mass is 10.1. The van der Waals surface area contributed by atoms with Crippen LogP contribution in [0.4, 0.5) is 0 Å². The van der Waals surface area contributed by atoms with Crippen LogP contribution in [0.2, 0.25) is 0 Å². The molecule has 2 aromatic carbocycles. The molecule has 1 unspecified atom stereocenters. The zero-order chi connectivity index (χ0) is 23.1. The molecule has 0 bridgehead atoms. The standard InChI is InChI=1S/C25H29N3O4/c1-5-31-21-11-9-20(10-12-21)22-15-24(29)28(16-27-22)14-13-26-25(30)19(4)32-23-8-6-7-17(2)18(23)3/h6-12,15-16,19H,5,13-14H2,1-4H3,(H,26,30). The third-order valence-corrected chi connectivity index (χ3v) is 5.22. The van der Waals surface area contributed by atoms with Gasteiger partial charge in [-0.3, -0.25) is 14.2 Å². The highest BCUT2D eigenvalue weighted by Gasteiger charge is 2.15. The Bertz CT molecular complexity index is 1120. The lowest BCUT2D eigenvalue weighted by Gasteiger charge is -2.17. The van der Waals surface area contributed by atoms with Crippen LogP contribution in [0.25, 0.3) is 11.3 Å². The minimum Gasteiger partial charge on any atom is -0.494 e. The van der Waals surface area contributed by atoms with Gasteiger partial charge in [-0.2, -0.15) is 0 Å². The van der Waals surface area contributed by atoms with Crippen molar-refractivity contribution in [3.05, 3.63) is 76.3 Å². The van der Waals surface area contributed by atoms with E-state index in [0.29, 0.717) is 31.1 Å². The van der Waals surface area contributed by atoms with Crippen LogP contribution in [0.1, 0.15) is 25.0 Å².